The van der Waals surface area contributed by atoms with E-state index in [0.717, 1.165) is 26.1 Å². The Morgan fingerprint density at radius 1 is 0.975 bits per heavy atom. The molecule has 0 bridgehead atoms. The van der Waals surface area contributed by atoms with E-state index in [1.807, 2.05) is 6.20 Å². The van der Waals surface area contributed by atoms with Crippen molar-refractivity contribution in [2.45, 2.75) is 37.9 Å². The van der Waals surface area contributed by atoms with Crippen LogP contribution in [0, 0.1) is 0 Å². The van der Waals surface area contributed by atoms with Crippen LogP contribution in [0.4, 0.5) is 26.3 Å². The van der Waals surface area contributed by atoms with Gasteiger partial charge in [0.25, 0.3) is 5.91 Å². The van der Waals surface area contributed by atoms with Gasteiger partial charge in [0.15, 0.2) is 0 Å². The minimum Gasteiger partial charge on any atom is -0.475 e. The van der Waals surface area contributed by atoms with Crippen molar-refractivity contribution in [1.29, 1.82) is 0 Å². The highest BCUT2D eigenvalue weighted by Gasteiger charge is 2.38. The Morgan fingerprint density at radius 3 is 2.10 bits per heavy atom. The molecule has 1 amide bonds. The smallest absolute Gasteiger partial charge is 0.475 e. The number of carbonyl (C=O) groups excluding carboxylic acids is 1. The Labute approximate surface area is 226 Å². The van der Waals surface area contributed by atoms with E-state index in [-0.39, 0.29) is 11.9 Å². The third-order valence-corrected chi connectivity index (χ3v) is 5.96. The molecule has 4 rings (SSSR count). The molecule has 0 aliphatic carbocycles. The molecule has 0 aromatic carbocycles. The van der Waals surface area contributed by atoms with E-state index in [4.69, 9.17) is 19.8 Å². The third kappa shape index (κ3) is 10.6. The maximum Gasteiger partial charge on any atom is 0.490 e. The van der Waals surface area contributed by atoms with Crippen LogP contribution in [0.5, 0.6) is 0 Å². The van der Waals surface area contributed by atoms with Crippen LogP contribution in [-0.4, -0.2) is 73.2 Å². The SMILES string of the molecule is O=C(NCCC1CN(Cc2cccs2)Cc2ccnn21)c1ccncc1.O=C(O)C(F)(F)F.O=C(O)C(F)(F)F. The fraction of sp³-hybridized carbons (Fsp3) is 0.348. The van der Waals surface area contributed by atoms with E-state index >= 15 is 0 Å². The number of alkyl halides is 6. The molecule has 0 radical (unpaired) electrons. The topological polar surface area (TPSA) is 138 Å². The maximum absolute atomic E-state index is 12.2. The van der Waals surface area contributed by atoms with Gasteiger partial charge in [-0.3, -0.25) is 19.4 Å². The molecule has 1 atom stereocenters. The first kappa shape index (κ1) is 32.2. The molecule has 10 nitrogen and oxygen atoms in total. The molecule has 1 aliphatic rings. The average Bonchev–Trinajstić information content (AvgIpc) is 3.56. The van der Waals surface area contributed by atoms with Crippen LogP contribution in [0.25, 0.3) is 0 Å². The van der Waals surface area contributed by atoms with Gasteiger partial charge in [-0.15, -0.1) is 11.3 Å². The van der Waals surface area contributed by atoms with E-state index in [1.165, 1.54) is 10.6 Å². The van der Waals surface area contributed by atoms with Crippen LogP contribution in [0.2, 0.25) is 0 Å². The highest BCUT2D eigenvalue weighted by atomic mass is 32.1. The molecule has 1 unspecified atom stereocenters. The summed E-state index contributed by atoms with van der Waals surface area (Å²) < 4.78 is 65.6. The van der Waals surface area contributed by atoms with Crippen molar-refractivity contribution >= 4 is 29.2 Å². The van der Waals surface area contributed by atoms with E-state index in [9.17, 15) is 31.1 Å². The number of aromatic nitrogens is 3. The highest BCUT2D eigenvalue weighted by molar-refractivity contribution is 7.09. The number of amides is 1. The van der Waals surface area contributed by atoms with Gasteiger partial charge in [-0.1, -0.05) is 6.07 Å². The number of hydrogen-bond acceptors (Lipinski definition) is 7. The summed E-state index contributed by atoms with van der Waals surface area (Å²) in [5.74, 6) is -5.57. The summed E-state index contributed by atoms with van der Waals surface area (Å²) in [6.45, 7) is 3.44. The van der Waals surface area contributed by atoms with Crippen molar-refractivity contribution in [2.75, 3.05) is 13.1 Å². The number of hydrogen-bond donors (Lipinski definition) is 3. The molecule has 1 aliphatic heterocycles. The van der Waals surface area contributed by atoms with Crippen molar-refractivity contribution in [3.05, 3.63) is 70.4 Å². The number of carbonyl (C=O) groups is 3. The second-order valence-corrected chi connectivity index (χ2v) is 9.09. The van der Waals surface area contributed by atoms with Crippen molar-refractivity contribution < 1.29 is 50.9 Å². The van der Waals surface area contributed by atoms with Crippen LogP contribution in [0.1, 0.15) is 33.4 Å². The summed E-state index contributed by atoms with van der Waals surface area (Å²) in [6, 6.07) is 10.1. The lowest BCUT2D eigenvalue weighted by atomic mass is 10.1. The molecule has 0 spiro atoms. The maximum atomic E-state index is 12.2. The number of halogens is 6. The lowest BCUT2D eigenvalue weighted by molar-refractivity contribution is -0.193. The number of carboxylic acid groups (broad SMARTS) is 2. The zero-order valence-corrected chi connectivity index (χ0v) is 21.2. The van der Waals surface area contributed by atoms with Gasteiger partial charge in [-0.05, 0) is 36.1 Å². The number of fused-ring (bicyclic) bond motifs is 1. The molecule has 3 aromatic heterocycles. The van der Waals surface area contributed by atoms with E-state index in [1.54, 1.807) is 35.9 Å². The van der Waals surface area contributed by atoms with Gasteiger partial charge >= 0.3 is 24.3 Å². The predicted molar refractivity (Wildman–Crippen MR) is 128 cm³/mol. The Balaban J connectivity index is 0.000000333. The monoisotopic (exact) mass is 595 g/mol. The summed E-state index contributed by atoms with van der Waals surface area (Å²) in [6.07, 6.45) is -4.18. The van der Waals surface area contributed by atoms with Crippen LogP contribution in [0.3, 0.4) is 0 Å². The van der Waals surface area contributed by atoms with Crippen molar-refractivity contribution in [3.8, 4) is 0 Å². The summed E-state index contributed by atoms with van der Waals surface area (Å²) in [4.78, 5) is 37.8. The van der Waals surface area contributed by atoms with E-state index in [2.05, 4.69) is 48.6 Å². The summed E-state index contributed by atoms with van der Waals surface area (Å²) in [5.41, 5.74) is 1.88. The predicted octanol–water partition coefficient (Wildman–Crippen LogP) is 3.98. The Morgan fingerprint density at radius 2 is 1.57 bits per heavy atom. The Kier molecular flexibility index (Phi) is 11.6. The fourth-order valence-electron chi connectivity index (χ4n) is 3.38. The second-order valence-electron chi connectivity index (χ2n) is 8.06. The van der Waals surface area contributed by atoms with Gasteiger partial charge < -0.3 is 15.5 Å². The van der Waals surface area contributed by atoms with Crippen molar-refractivity contribution in [3.63, 3.8) is 0 Å². The molecule has 3 aromatic rings. The van der Waals surface area contributed by atoms with Crippen LogP contribution < -0.4 is 5.32 Å². The minimum absolute atomic E-state index is 0.0562. The normalized spacial score (nSPS) is 15.0. The largest absolute Gasteiger partial charge is 0.490 e. The standard InChI is InChI=1S/C19H21N5OS.2C2HF3O2/c25-19(15-3-7-20-8-4-15)21-9-5-16-12-23(14-18-2-1-11-26-18)13-17-6-10-22-24(16)17;2*3-2(4,5)1(6)7/h1-4,6-8,10-11,16H,5,9,12-14H2,(H,21,25);2*(H,6,7). The first-order valence-corrected chi connectivity index (χ1v) is 12.1. The number of thiophene rings is 1. The molecule has 3 N–H and O–H groups in total. The first-order valence-electron chi connectivity index (χ1n) is 11.2. The van der Waals surface area contributed by atoms with Gasteiger partial charge in [-0.2, -0.15) is 31.4 Å². The molecule has 17 heteroatoms. The zero-order valence-electron chi connectivity index (χ0n) is 20.4. The molecule has 0 fully saturated rings. The number of nitrogens with one attached hydrogen (secondary N) is 1. The highest BCUT2D eigenvalue weighted by Crippen LogP contribution is 2.25. The molecule has 0 saturated heterocycles. The zero-order chi connectivity index (χ0) is 29.9. The average molecular weight is 596 g/mol. The van der Waals surface area contributed by atoms with Gasteiger partial charge in [0.05, 0.1) is 11.7 Å². The molecule has 4 heterocycles. The fourth-order valence-corrected chi connectivity index (χ4v) is 4.13. The molecular weight excluding hydrogens is 572 g/mol. The van der Waals surface area contributed by atoms with Gasteiger partial charge in [0, 0.05) is 55.2 Å². The minimum atomic E-state index is -5.08. The summed E-state index contributed by atoms with van der Waals surface area (Å²) in [5, 5.41) is 23.9. The Hall–Kier alpha value is -3.99. The van der Waals surface area contributed by atoms with Gasteiger partial charge in [0.2, 0.25) is 0 Å². The molecule has 0 saturated carbocycles. The molecular formula is C23H23F6N5O5S. The van der Waals surface area contributed by atoms with E-state index < -0.39 is 24.3 Å². The van der Waals surface area contributed by atoms with Crippen molar-refractivity contribution in [2.24, 2.45) is 0 Å². The van der Waals surface area contributed by atoms with Gasteiger partial charge in [0.1, 0.15) is 0 Å². The Bertz CT molecular complexity index is 1210. The quantitative estimate of drug-likeness (QED) is 0.364. The lowest BCUT2D eigenvalue weighted by Gasteiger charge is -2.33. The lowest BCUT2D eigenvalue weighted by Crippen LogP contribution is -2.38. The third-order valence-electron chi connectivity index (χ3n) is 5.10. The van der Waals surface area contributed by atoms with E-state index in [0.29, 0.717) is 12.1 Å². The summed E-state index contributed by atoms with van der Waals surface area (Å²) >= 11 is 1.79. The van der Waals surface area contributed by atoms with Gasteiger partial charge in [-0.25, -0.2) is 9.59 Å². The second kappa shape index (κ2) is 14.4. The number of nitrogens with zero attached hydrogens (tertiary/aromatic N) is 4. The first-order chi connectivity index (χ1) is 18.7. The van der Waals surface area contributed by atoms with Crippen LogP contribution in [-0.2, 0) is 22.7 Å². The number of pyridine rings is 1. The molecule has 218 valence electrons. The number of carboxylic acids is 2. The molecule has 40 heavy (non-hydrogen) atoms. The summed E-state index contributed by atoms with van der Waals surface area (Å²) in [7, 11) is 0. The van der Waals surface area contributed by atoms with Crippen molar-refractivity contribution in [1.82, 2.24) is 25.0 Å². The van der Waals surface area contributed by atoms with Crippen LogP contribution >= 0.6 is 11.3 Å². The number of aliphatic carboxylic acids is 2. The number of rotatable bonds is 6. The van der Waals surface area contributed by atoms with Crippen LogP contribution in [0.15, 0.2) is 54.3 Å².